The van der Waals surface area contributed by atoms with Gasteiger partial charge in [0.15, 0.2) is 0 Å². The predicted octanol–water partition coefficient (Wildman–Crippen LogP) is 4.49. The molecule has 1 N–H and O–H groups in total. The van der Waals surface area contributed by atoms with Crippen LogP contribution < -0.4 is 14.4 Å². The van der Waals surface area contributed by atoms with E-state index in [2.05, 4.69) is 5.32 Å². The number of anilines is 1. The molecule has 0 fully saturated rings. The van der Waals surface area contributed by atoms with Gasteiger partial charge in [0.05, 0.1) is 24.1 Å². The molecule has 0 saturated heterocycles. The molecule has 2 aromatic carbocycles. The molecule has 36 heavy (non-hydrogen) atoms. The summed E-state index contributed by atoms with van der Waals surface area (Å²) in [5, 5.41) is 3.52. The average Bonchev–Trinajstić information content (AvgIpc) is 2.82. The fourth-order valence-electron chi connectivity index (χ4n) is 3.66. The van der Waals surface area contributed by atoms with Gasteiger partial charge in [-0.2, -0.15) is 0 Å². The lowest BCUT2D eigenvalue weighted by Gasteiger charge is -2.33. The maximum atomic E-state index is 13.7. The number of carbonyl (C=O) groups excluding carboxylic acids is 2. The summed E-state index contributed by atoms with van der Waals surface area (Å²) in [6.45, 7) is 3.82. The molecule has 11 heteroatoms. The molecule has 8 nitrogen and oxygen atoms in total. The molecule has 0 heterocycles. The zero-order chi connectivity index (χ0) is 26.9. The van der Waals surface area contributed by atoms with Crippen LogP contribution in [0.3, 0.4) is 0 Å². The summed E-state index contributed by atoms with van der Waals surface area (Å²) in [7, 11) is -2.43. The first-order valence-corrected chi connectivity index (χ1v) is 14.3. The predicted molar refractivity (Wildman–Crippen MR) is 144 cm³/mol. The molecule has 0 unspecified atom stereocenters. The number of hydrogen-bond donors (Lipinski definition) is 1. The number of benzene rings is 2. The Balaban J connectivity index is 2.44. The summed E-state index contributed by atoms with van der Waals surface area (Å²) in [6.07, 6.45) is 3.06. The highest BCUT2D eigenvalue weighted by Crippen LogP contribution is 2.30. The van der Waals surface area contributed by atoms with E-state index in [1.54, 1.807) is 31.2 Å². The monoisotopic (exact) mass is 557 g/mol. The molecule has 1 atom stereocenters. The normalized spacial score (nSPS) is 12.1. The summed E-state index contributed by atoms with van der Waals surface area (Å²) in [5.41, 5.74) is 0.848. The molecule has 2 rings (SSSR count). The molecule has 0 spiro atoms. The standard InChI is InChI=1S/C25H33Cl2N3O5S/c1-5-7-14-28-25(32)22(6-2)29(16-18-10-8-9-11-20(18)26)24(31)17-30(36(4,33)34)19-12-13-23(35-3)21(27)15-19/h8-13,15,22H,5-7,14,16-17H2,1-4H3,(H,28,32)/t22-/m1/s1. The smallest absolute Gasteiger partial charge is 0.244 e. The number of carbonyl (C=O) groups is 2. The average molecular weight is 559 g/mol. The molecule has 0 aliphatic carbocycles. The minimum absolute atomic E-state index is 0.0409. The van der Waals surface area contributed by atoms with Gasteiger partial charge in [-0.15, -0.1) is 0 Å². The fraction of sp³-hybridized carbons (Fsp3) is 0.440. The van der Waals surface area contributed by atoms with E-state index in [1.165, 1.54) is 30.2 Å². The largest absolute Gasteiger partial charge is 0.495 e. The van der Waals surface area contributed by atoms with Gasteiger partial charge in [-0.1, -0.05) is 61.7 Å². The van der Waals surface area contributed by atoms with Crippen molar-refractivity contribution in [3.63, 3.8) is 0 Å². The van der Waals surface area contributed by atoms with E-state index < -0.39 is 28.5 Å². The van der Waals surface area contributed by atoms with Crippen molar-refractivity contribution in [3.8, 4) is 5.75 Å². The second kappa shape index (κ2) is 13.7. The lowest BCUT2D eigenvalue weighted by molar-refractivity contribution is -0.140. The second-order valence-electron chi connectivity index (χ2n) is 8.27. The highest BCUT2D eigenvalue weighted by Gasteiger charge is 2.32. The van der Waals surface area contributed by atoms with Crippen molar-refractivity contribution in [3.05, 3.63) is 58.1 Å². The minimum Gasteiger partial charge on any atom is -0.495 e. The lowest BCUT2D eigenvalue weighted by Crippen LogP contribution is -2.52. The Labute approximate surface area is 223 Å². The van der Waals surface area contributed by atoms with Crippen molar-refractivity contribution in [2.45, 2.75) is 45.7 Å². The number of ether oxygens (including phenoxy) is 1. The van der Waals surface area contributed by atoms with E-state index in [9.17, 15) is 18.0 Å². The minimum atomic E-state index is -3.87. The number of sulfonamides is 1. The van der Waals surface area contributed by atoms with Gasteiger partial charge in [0.1, 0.15) is 18.3 Å². The molecular formula is C25H33Cl2N3O5S. The Morgan fingerprint density at radius 2 is 1.78 bits per heavy atom. The van der Waals surface area contributed by atoms with Crippen LogP contribution in [-0.2, 0) is 26.2 Å². The van der Waals surface area contributed by atoms with Crippen LogP contribution in [-0.4, -0.2) is 57.6 Å². The van der Waals surface area contributed by atoms with Gasteiger partial charge in [-0.05, 0) is 42.7 Å². The second-order valence-corrected chi connectivity index (χ2v) is 11.0. The first-order chi connectivity index (χ1) is 17.0. The number of halogens is 2. The van der Waals surface area contributed by atoms with E-state index >= 15 is 0 Å². The third-order valence-electron chi connectivity index (χ3n) is 5.62. The number of nitrogens with zero attached hydrogens (tertiary/aromatic N) is 2. The van der Waals surface area contributed by atoms with Crippen molar-refractivity contribution >= 4 is 50.7 Å². The lowest BCUT2D eigenvalue weighted by atomic mass is 10.1. The van der Waals surface area contributed by atoms with Gasteiger partial charge in [-0.3, -0.25) is 13.9 Å². The molecule has 0 aromatic heterocycles. The van der Waals surface area contributed by atoms with Gasteiger partial charge in [0.25, 0.3) is 0 Å². The van der Waals surface area contributed by atoms with Crippen molar-refractivity contribution in [1.82, 2.24) is 10.2 Å². The third-order valence-corrected chi connectivity index (χ3v) is 7.42. The van der Waals surface area contributed by atoms with Gasteiger partial charge in [0.2, 0.25) is 21.8 Å². The van der Waals surface area contributed by atoms with Crippen molar-refractivity contribution in [2.75, 3.05) is 30.8 Å². The maximum absolute atomic E-state index is 13.7. The van der Waals surface area contributed by atoms with E-state index in [0.29, 0.717) is 29.3 Å². The Kier molecular flexibility index (Phi) is 11.3. The van der Waals surface area contributed by atoms with Gasteiger partial charge >= 0.3 is 0 Å². The molecular weight excluding hydrogens is 525 g/mol. The van der Waals surface area contributed by atoms with Gasteiger partial charge in [-0.25, -0.2) is 8.42 Å². The Hall–Kier alpha value is -2.49. The quantitative estimate of drug-likeness (QED) is 0.366. The van der Waals surface area contributed by atoms with Crippen LogP contribution in [0, 0.1) is 0 Å². The molecule has 0 aliphatic heterocycles. The zero-order valence-corrected chi connectivity index (χ0v) is 23.3. The number of rotatable bonds is 13. The molecule has 0 bridgehead atoms. The molecule has 0 radical (unpaired) electrons. The van der Waals surface area contributed by atoms with Crippen LogP contribution in [0.2, 0.25) is 10.0 Å². The fourth-order valence-corrected chi connectivity index (χ4v) is 4.95. The number of methoxy groups -OCH3 is 1. The molecule has 2 amide bonds. The van der Waals surface area contributed by atoms with Gasteiger partial charge < -0.3 is 15.0 Å². The molecule has 0 saturated carbocycles. The SMILES string of the molecule is CCCCNC(=O)[C@@H](CC)N(Cc1ccccc1Cl)C(=O)CN(c1ccc(OC)c(Cl)c1)S(C)(=O)=O. The van der Waals surface area contributed by atoms with E-state index in [0.717, 1.165) is 23.4 Å². The summed E-state index contributed by atoms with van der Waals surface area (Å²) in [6, 6.07) is 10.7. The summed E-state index contributed by atoms with van der Waals surface area (Å²) in [5.74, 6) is -0.482. The van der Waals surface area contributed by atoms with Crippen molar-refractivity contribution in [2.24, 2.45) is 0 Å². The van der Waals surface area contributed by atoms with E-state index in [-0.39, 0.29) is 23.2 Å². The molecule has 2 aromatic rings. The first-order valence-electron chi connectivity index (χ1n) is 11.6. The number of unbranched alkanes of at least 4 members (excludes halogenated alkanes) is 1. The summed E-state index contributed by atoms with van der Waals surface area (Å²) < 4.78 is 31.5. The summed E-state index contributed by atoms with van der Waals surface area (Å²) >= 11 is 12.6. The summed E-state index contributed by atoms with van der Waals surface area (Å²) in [4.78, 5) is 28.1. The zero-order valence-electron chi connectivity index (χ0n) is 21.0. The van der Waals surface area contributed by atoms with Crippen molar-refractivity contribution in [1.29, 1.82) is 0 Å². The van der Waals surface area contributed by atoms with E-state index in [4.69, 9.17) is 27.9 Å². The maximum Gasteiger partial charge on any atom is 0.244 e. The van der Waals surface area contributed by atoms with Crippen molar-refractivity contribution < 1.29 is 22.7 Å². The highest BCUT2D eigenvalue weighted by molar-refractivity contribution is 7.92. The Morgan fingerprint density at radius 1 is 1.08 bits per heavy atom. The number of amides is 2. The number of nitrogens with one attached hydrogen (secondary N) is 1. The van der Waals surface area contributed by atoms with Crippen LogP contribution in [0.25, 0.3) is 0 Å². The molecule has 198 valence electrons. The third kappa shape index (κ3) is 8.01. The topological polar surface area (TPSA) is 96.0 Å². The van der Waals surface area contributed by atoms with Crippen LogP contribution in [0.4, 0.5) is 5.69 Å². The highest BCUT2D eigenvalue weighted by atomic mass is 35.5. The van der Waals surface area contributed by atoms with Gasteiger partial charge in [0, 0.05) is 18.1 Å². The number of hydrogen-bond acceptors (Lipinski definition) is 5. The molecule has 0 aliphatic rings. The Bertz CT molecular complexity index is 1160. The first kappa shape index (κ1) is 29.7. The van der Waals surface area contributed by atoms with Crippen LogP contribution in [0.5, 0.6) is 5.75 Å². The van der Waals surface area contributed by atoms with E-state index in [1.807, 2.05) is 6.92 Å². The van der Waals surface area contributed by atoms with Crippen LogP contribution in [0.15, 0.2) is 42.5 Å². The van der Waals surface area contributed by atoms with Crippen LogP contribution >= 0.6 is 23.2 Å². The Morgan fingerprint density at radius 3 is 2.33 bits per heavy atom. The van der Waals surface area contributed by atoms with Crippen LogP contribution in [0.1, 0.15) is 38.7 Å².